The number of hydrogen-bond donors (Lipinski definition) is 2. The maximum Gasteiger partial charge on any atom is 0.223 e. The van der Waals surface area contributed by atoms with Gasteiger partial charge in [-0.1, -0.05) is 77.0 Å². The predicted molar refractivity (Wildman–Crippen MR) is 152 cm³/mol. The second kappa shape index (κ2) is 11.0. The summed E-state index contributed by atoms with van der Waals surface area (Å²) >= 11 is 0. The average molecular weight is 527 g/mol. The highest BCUT2D eigenvalue weighted by atomic mass is 16.2. The summed E-state index contributed by atoms with van der Waals surface area (Å²) in [4.78, 5) is 31.9. The van der Waals surface area contributed by atoms with E-state index in [-0.39, 0.29) is 34.0 Å². The molecule has 0 radical (unpaired) electrons. The zero-order valence-electron chi connectivity index (χ0n) is 24.1. The summed E-state index contributed by atoms with van der Waals surface area (Å²) in [7, 11) is 0. The minimum Gasteiger partial charge on any atom is -0.339 e. The minimum atomic E-state index is 0.104. The van der Waals surface area contributed by atoms with E-state index in [4.69, 9.17) is 0 Å². The highest BCUT2D eigenvalue weighted by Gasteiger charge is 2.50. The number of nitrogens with one attached hydrogen (secondary N) is 2. The van der Waals surface area contributed by atoms with E-state index in [2.05, 4.69) is 20.4 Å². The molecule has 214 valence electrons. The lowest BCUT2D eigenvalue weighted by Crippen LogP contribution is -2.73. The van der Waals surface area contributed by atoms with E-state index in [9.17, 15) is 9.59 Å². The normalized spacial score (nSPS) is 30.1. The first-order valence-electron chi connectivity index (χ1n) is 16.6. The largest absolute Gasteiger partial charge is 0.339 e. The summed E-state index contributed by atoms with van der Waals surface area (Å²) < 4.78 is 0. The van der Waals surface area contributed by atoms with Gasteiger partial charge in [0.25, 0.3) is 0 Å². The van der Waals surface area contributed by atoms with Gasteiger partial charge in [0.15, 0.2) is 0 Å². The van der Waals surface area contributed by atoms with Crippen LogP contribution < -0.4 is 10.6 Å². The molecule has 0 unspecified atom stereocenters. The summed E-state index contributed by atoms with van der Waals surface area (Å²) in [6, 6.07) is 0. The van der Waals surface area contributed by atoms with Gasteiger partial charge in [0.1, 0.15) is 0 Å². The lowest BCUT2D eigenvalue weighted by Gasteiger charge is -2.57. The maximum atomic E-state index is 13.7. The standard InChI is InChI=1S/C32H54N4O2/c37-27(35-23-29(15-5-1-6-16-29)33-30(24-35)17-7-2-8-18-30)13-14-28(38)36-25-31(19-9-3-10-20-31)34-32(26-36)21-11-4-12-22-32/h33-34H,1-26H2. The lowest BCUT2D eigenvalue weighted by molar-refractivity contribution is -0.143. The van der Waals surface area contributed by atoms with Crippen LogP contribution >= 0.6 is 0 Å². The molecule has 6 rings (SSSR count). The molecule has 6 heteroatoms. The molecule has 0 aromatic rings. The molecule has 4 aliphatic carbocycles. The second-order valence-corrected chi connectivity index (χ2v) is 14.6. The fraction of sp³-hybridized carbons (Fsp3) is 0.938. The smallest absolute Gasteiger partial charge is 0.223 e. The van der Waals surface area contributed by atoms with Crippen molar-refractivity contribution in [2.24, 2.45) is 0 Å². The Labute approximate surface area is 231 Å². The van der Waals surface area contributed by atoms with Gasteiger partial charge in [-0.3, -0.25) is 9.59 Å². The van der Waals surface area contributed by atoms with Crippen LogP contribution in [0.5, 0.6) is 0 Å². The highest BCUT2D eigenvalue weighted by Crippen LogP contribution is 2.42. The first-order chi connectivity index (χ1) is 18.4. The zero-order chi connectivity index (χ0) is 26.1. The fourth-order valence-electron chi connectivity index (χ4n) is 9.79. The molecule has 4 spiro atoms. The SMILES string of the molecule is O=C(CCC(=O)N1CC2(CCCCC2)NC2(CCCCC2)C1)N1CC2(CCCCC2)NC2(CCCCC2)C1. The second-order valence-electron chi connectivity index (χ2n) is 14.6. The van der Waals surface area contributed by atoms with Gasteiger partial charge in [0.05, 0.1) is 0 Å². The van der Waals surface area contributed by atoms with Gasteiger partial charge >= 0.3 is 0 Å². The van der Waals surface area contributed by atoms with Gasteiger partial charge in [0, 0.05) is 61.2 Å². The lowest BCUT2D eigenvalue weighted by atomic mass is 9.72. The average Bonchev–Trinajstić information content (AvgIpc) is 2.92. The van der Waals surface area contributed by atoms with Gasteiger partial charge in [-0.2, -0.15) is 0 Å². The van der Waals surface area contributed by atoms with Crippen molar-refractivity contribution in [3.63, 3.8) is 0 Å². The Balaban J connectivity index is 1.12. The number of carbonyl (C=O) groups excluding carboxylic acids is 2. The summed E-state index contributed by atoms with van der Waals surface area (Å²) in [5, 5.41) is 8.35. The third kappa shape index (κ3) is 5.68. The molecular formula is C32H54N4O2. The van der Waals surface area contributed by atoms with Crippen LogP contribution in [0.25, 0.3) is 0 Å². The molecule has 0 aromatic heterocycles. The fourth-order valence-corrected chi connectivity index (χ4v) is 9.79. The molecule has 2 N–H and O–H groups in total. The molecule has 6 fully saturated rings. The van der Waals surface area contributed by atoms with Gasteiger partial charge in [0.2, 0.25) is 11.8 Å². The van der Waals surface area contributed by atoms with Crippen LogP contribution in [0.2, 0.25) is 0 Å². The third-order valence-corrected chi connectivity index (χ3v) is 11.5. The molecule has 6 nitrogen and oxygen atoms in total. The molecule has 2 saturated heterocycles. The number of nitrogens with zero attached hydrogens (tertiary/aromatic N) is 2. The third-order valence-electron chi connectivity index (χ3n) is 11.5. The summed E-state index contributed by atoms with van der Waals surface area (Å²) in [6.07, 6.45) is 25.8. The quantitative estimate of drug-likeness (QED) is 0.514. The first kappa shape index (κ1) is 27.1. The molecule has 0 bridgehead atoms. The van der Waals surface area contributed by atoms with Crippen molar-refractivity contribution in [1.29, 1.82) is 0 Å². The van der Waals surface area contributed by atoms with E-state index in [1.165, 1.54) is 128 Å². The van der Waals surface area contributed by atoms with Crippen LogP contribution in [0.1, 0.15) is 141 Å². The Morgan fingerprint density at radius 2 is 0.658 bits per heavy atom. The predicted octanol–water partition coefficient (Wildman–Crippen LogP) is 5.44. The molecule has 2 heterocycles. The summed E-state index contributed by atoms with van der Waals surface area (Å²) in [5.41, 5.74) is 0.416. The van der Waals surface area contributed by atoms with E-state index >= 15 is 0 Å². The van der Waals surface area contributed by atoms with Crippen molar-refractivity contribution in [2.75, 3.05) is 26.2 Å². The van der Waals surface area contributed by atoms with E-state index in [0.717, 1.165) is 26.2 Å². The zero-order valence-corrected chi connectivity index (χ0v) is 24.1. The summed E-state index contributed by atoms with van der Waals surface area (Å²) in [6.45, 7) is 3.40. The molecule has 2 aliphatic heterocycles. The van der Waals surface area contributed by atoms with Crippen molar-refractivity contribution in [1.82, 2.24) is 20.4 Å². The number of amides is 2. The molecule has 4 saturated carbocycles. The van der Waals surface area contributed by atoms with Gasteiger partial charge in [-0.15, -0.1) is 0 Å². The monoisotopic (exact) mass is 526 g/mol. The minimum absolute atomic E-state index is 0.104. The van der Waals surface area contributed by atoms with Crippen molar-refractivity contribution >= 4 is 11.8 Å². The Morgan fingerprint density at radius 1 is 0.421 bits per heavy atom. The van der Waals surface area contributed by atoms with Crippen LogP contribution in [0, 0.1) is 0 Å². The van der Waals surface area contributed by atoms with Crippen LogP contribution in [-0.4, -0.2) is 69.9 Å². The molecule has 2 amide bonds. The molecule has 6 aliphatic rings. The van der Waals surface area contributed by atoms with E-state index in [1.807, 2.05) is 0 Å². The maximum absolute atomic E-state index is 13.7. The van der Waals surface area contributed by atoms with Crippen molar-refractivity contribution in [2.45, 2.75) is 163 Å². The van der Waals surface area contributed by atoms with Crippen LogP contribution in [0.15, 0.2) is 0 Å². The number of piperazine rings is 2. The number of carbonyl (C=O) groups is 2. The van der Waals surface area contributed by atoms with Gasteiger partial charge < -0.3 is 20.4 Å². The van der Waals surface area contributed by atoms with Gasteiger partial charge in [-0.25, -0.2) is 0 Å². The molecular weight excluding hydrogens is 472 g/mol. The van der Waals surface area contributed by atoms with E-state index in [0.29, 0.717) is 12.8 Å². The Hall–Kier alpha value is -1.14. The topological polar surface area (TPSA) is 64.7 Å². The van der Waals surface area contributed by atoms with Crippen LogP contribution in [0.4, 0.5) is 0 Å². The Bertz CT molecular complexity index is 726. The van der Waals surface area contributed by atoms with Crippen LogP contribution in [0.3, 0.4) is 0 Å². The van der Waals surface area contributed by atoms with Crippen LogP contribution in [-0.2, 0) is 9.59 Å². The molecule has 0 aromatic carbocycles. The van der Waals surface area contributed by atoms with Gasteiger partial charge in [-0.05, 0) is 51.4 Å². The van der Waals surface area contributed by atoms with E-state index < -0.39 is 0 Å². The van der Waals surface area contributed by atoms with Crippen molar-refractivity contribution in [3.8, 4) is 0 Å². The first-order valence-corrected chi connectivity index (χ1v) is 16.6. The highest BCUT2D eigenvalue weighted by molar-refractivity contribution is 5.84. The van der Waals surface area contributed by atoms with E-state index in [1.54, 1.807) is 0 Å². The molecule has 0 atom stereocenters. The Kier molecular flexibility index (Phi) is 7.85. The van der Waals surface area contributed by atoms with Crippen molar-refractivity contribution in [3.05, 3.63) is 0 Å². The van der Waals surface area contributed by atoms with Crippen molar-refractivity contribution < 1.29 is 9.59 Å². The number of hydrogen-bond acceptors (Lipinski definition) is 4. The molecule has 38 heavy (non-hydrogen) atoms. The Morgan fingerprint density at radius 3 is 0.895 bits per heavy atom. The summed E-state index contributed by atoms with van der Waals surface area (Å²) in [5.74, 6) is 0.453. The number of rotatable bonds is 3.